The molecule has 2 aromatic carbocycles. The van der Waals surface area contributed by atoms with Crippen molar-refractivity contribution in [1.29, 1.82) is 0 Å². The Morgan fingerprint density at radius 2 is 1.90 bits per heavy atom. The molecular formula is C22H25ClN2O5S. The van der Waals surface area contributed by atoms with Crippen LogP contribution in [0.3, 0.4) is 0 Å². The van der Waals surface area contributed by atoms with Gasteiger partial charge in [-0.2, -0.15) is 4.31 Å². The van der Waals surface area contributed by atoms with E-state index in [0.717, 1.165) is 0 Å². The van der Waals surface area contributed by atoms with Crippen LogP contribution in [0.2, 0.25) is 5.02 Å². The van der Waals surface area contributed by atoms with Crippen molar-refractivity contribution in [2.75, 3.05) is 31.6 Å². The Morgan fingerprint density at radius 1 is 1.16 bits per heavy atom. The van der Waals surface area contributed by atoms with Gasteiger partial charge in [0.15, 0.2) is 0 Å². The van der Waals surface area contributed by atoms with Crippen LogP contribution >= 0.6 is 11.6 Å². The van der Waals surface area contributed by atoms with Crippen molar-refractivity contribution < 1.29 is 22.7 Å². The molecule has 0 saturated carbocycles. The standard InChI is InChI=1S/C22H25ClN2O5S/c1-4-25(5-2)31(27,28)18-8-10-21(29-6-3)19(13-18)24-22(26)16-11-15-12-17(23)7-9-20(15)30-14-16/h7-13H,4-6,14H2,1-3H3,(H,24,26). The number of benzene rings is 2. The van der Waals surface area contributed by atoms with Crippen molar-refractivity contribution in [2.45, 2.75) is 25.7 Å². The Bertz CT molecular complexity index is 1110. The van der Waals surface area contributed by atoms with E-state index in [1.54, 1.807) is 44.2 Å². The number of fused-ring (bicyclic) bond motifs is 1. The van der Waals surface area contributed by atoms with Crippen LogP contribution in [0.25, 0.3) is 6.08 Å². The molecule has 1 aliphatic rings. The summed E-state index contributed by atoms with van der Waals surface area (Å²) in [6.45, 7) is 6.50. The zero-order valence-corrected chi connectivity index (χ0v) is 19.2. The van der Waals surface area contributed by atoms with Crippen LogP contribution in [0, 0.1) is 0 Å². The maximum Gasteiger partial charge on any atom is 0.255 e. The Hall–Kier alpha value is -2.55. The van der Waals surface area contributed by atoms with Gasteiger partial charge in [-0.15, -0.1) is 0 Å². The molecular weight excluding hydrogens is 440 g/mol. The third-order valence-corrected chi connectivity index (χ3v) is 7.10. The summed E-state index contributed by atoms with van der Waals surface area (Å²) in [6.07, 6.45) is 1.71. The van der Waals surface area contributed by atoms with E-state index >= 15 is 0 Å². The summed E-state index contributed by atoms with van der Waals surface area (Å²) in [6, 6.07) is 9.64. The van der Waals surface area contributed by atoms with E-state index in [0.29, 0.717) is 47.4 Å². The number of rotatable bonds is 8. The number of hydrogen-bond acceptors (Lipinski definition) is 5. The molecule has 1 amide bonds. The van der Waals surface area contributed by atoms with Gasteiger partial charge in [0, 0.05) is 23.7 Å². The van der Waals surface area contributed by atoms with E-state index in [1.807, 2.05) is 6.92 Å². The zero-order valence-electron chi connectivity index (χ0n) is 17.6. The Balaban J connectivity index is 1.93. The van der Waals surface area contributed by atoms with Gasteiger partial charge < -0.3 is 14.8 Å². The highest BCUT2D eigenvalue weighted by Crippen LogP contribution is 2.32. The van der Waals surface area contributed by atoms with Crippen molar-refractivity contribution in [2.24, 2.45) is 0 Å². The van der Waals surface area contributed by atoms with Gasteiger partial charge >= 0.3 is 0 Å². The molecule has 0 spiro atoms. The Labute approximate surface area is 187 Å². The van der Waals surface area contributed by atoms with Crippen molar-refractivity contribution in [3.05, 3.63) is 52.6 Å². The number of nitrogens with zero attached hydrogens (tertiary/aromatic N) is 1. The van der Waals surface area contributed by atoms with E-state index in [4.69, 9.17) is 21.1 Å². The maximum absolute atomic E-state index is 12.9. The highest BCUT2D eigenvalue weighted by atomic mass is 35.5. The van der Waals surface area contributed by atoms with Gasteiger partial charge in [0.2, 0.25) is 10.0 Å². The molecule has 9 heteroatoms. The molecule has 31 heavy (non-hydrogen) atoms. The number of hydrogen-bond donors (Lipinski definition) is 1. The average molecular weight is 465 g/mol. The number of nitrogens with one attached hydrogen (secondary N) is 1. The first-order valence-electron chi connectivity index (χ1n) is 10.0. The number of amides is 1. The lowest BCUT2D eigenvalue weighted by atomic mass is 10.1. The lowest BCUT2D eigenvalue weighted by molar-refractivity contribution is -0.113. The molecule has 1 aliphatic heterocycles. The summed E-state index contributed by atoms with van der Waals surface area (Å²) in [4.78, 5) is 13.0. The minimum Gasteiger partial charge on any atom is -0.492 e. The quantitative estimate of drug-likeness (QED) is 0.633. The molecule has 2 aromatic rings. The van der Waals surface area contributed by atoms with Gasteiger partial charge in [-0.05, 0) is 49.4 Å². The molecule has 1 N–H and O–H groups in total. The second kappa shape index (κ2) is 9.72. The first-order chi connectivity index (χ1) is 14.8. The van der Waals surface area contributed by atoms with Gasteiger partial charge in [0.25, 0.3) is 5.91 Å². The monoisotopic (exact) mass is 464 g/mol. The fourth-order valence-corrected chi connectivity index (χ4v) is 4.91. The molecule has 7 nitrogen and oxygen atoms in total. The van der Waals surface area contributed by atoms with Gasteiger partial charge in [0.1, 0.15) is 18.1 Å². The first-order valence-corrected chi connectivity index (χ1v) is 11.8. The number of anilines is 1. The number of ether oxygens (including phenoxy) is 2. The summed E-state index contributed by atoms with van der Waals surface area (Å²) >= 11 is 6.04. The maximum atomic E-state index is 12.9. The number of carbonyl (C=O) groups excluding carboxylic acids is 1. The fraction of sp³-hybridized carbons (Fsp3) is 0.318. The third kappa shape index (κ3) is 5.03. The molecule has 0 unspecified atom stereocenters. The summed E-state index contributed by atoms with van der Waals surface area (Å²) in [7, 11) is -3.69. The first kappa shape index (κ1) is 23.1. The van der Waals surface area contributed by atoms with Crippen LogP contribution in [-0.2, 0) is 14.8 Å². The minimum absolute atomic E-state index is 0.0842. The van der Waals surface area contributed by atoms with Gasteiger partial charge in [-0.25, -0.2) is 8.42 Å². The molecule has 1 heterocycles. The normalized spacial score (nSPS) is 13.3. The van der Waals surface area contributed by atoms with Crippen molar-refractivity contribution in [1.82, 2.24) is 4.31 Å². The second-order valence-electron chi connectivity index (χ2n) is 6.77. The van der Waals surface area contributed by atoms with Crippen LogP contribution in [0.15, 0.2) is 46.9 Å². The third-order valence-electron chi connectivity index (χ3n) is 4.82. The van der Waals surface area contributed by atoms with E-state index in [-0.39, 0.29) is 17.2 Å². The molecule has 0 fully saturated rings. The summed E-state index contributed by atoms with van der Waals surface area (Å²) in [5.74, 6) is 0.613. The zero-order chi connectivity index (χ0) is 22.6. The van der Waals surface area contributed by atoms with Crippen molar-refractivity contribution in [3.8, 4) is 11.5 Å². The minimum atomic E-state index is -3.69. The van der Waals surface area contributed by atoms with Gasteiger partial charge in [-0.1, -0.05) is 25.4 Å². The predicted octanol–water partition coefficient (Wildman–Crippen LogP) is 4.18. The molecule has 166 valence electrons. The number of sulfonamides is 1. The average Bonchev–Trinajstić information content (AvgIpc) is 2.75. The van der Waals surface area contributed by atoms with Crippen LogP contribution < -0.4 is 14.8 Å². The number of carbonyl (C=O) groups is 1. The molecule has 0 aromatic heterocycles. The molecule has 3 rings (SSSR count). The Morgan fingerprint density at radius 3 is 2.58 bits per heavy atom. The molecule has 0 radical (unpaired) electrons. The lowest BCUT2D eigenvalue weighted by Gasteiger charge is -2.21. The topological polar surface area (TPSA) is 84.9 Å². The van der Waals surface area contributed by atoms with E-state index in [9.17, 15) is 13.2 Å². The second-order valence-corrected chi connectivity index (χ2v) is 9.15. The van der Waals surface area contributed by atoms with Crippen LogP contribution in [0.5, 0.6) is 11.5 Å². The summed E-state index contributed by atoms with van der Waals surface area (Å²) in [5, 5.41) is 3.31. The highest BCUT2D eigenvalue weighted by Gasteiger charge is 2.24. The van der Waals surface area contributed by atoms with Crippen LogP contribution in [0.4, 0.5) is 5.69 Å². The fourth-order valence-electron chi connectivity index (χ4n) is 3.24. The molecule has 0 atom stereocenters. The largest absolute Gasteiger partial charge is 0.492 e. The van der Waals surface area contributed by atoms with Crippen molar-refractivity contribution >= 4 is 39.3 Å². The summed E-state index contributed by atoms with van der Waals surface area (Å²) < 4.78 is 38.4. The molecule has 0 aliphatic carbocycles. The van der Waals surface area contributed by atoms with Gasteiger partial charge in [-0.3, -0.25) is 4.79 Å². The van der Waals surface area contributed by atoms with Crippen LogP contribution in [-0.4, -0.2) is 44.9 Å². The SMILES string of the molecule is CCOc1ccc(S(=O)(=O)N(CC)CC)cc1NC(=O)C1=Cc2cc(Cl)ccc2OC1. The Kier molecular flexibility index (Phi) is 7.25. The van der Waals surface area contributed by atoms with E-state index in [1.165, 1.54) is 16.4 Å². The molecule has 0 saturated heterocycles. The number of halogens is 1. The van der Waals surface area contributed by atoms with Crippen LogP contribution in [0.1, 0.15) is 26.3 Å². The predicted molar refractivity (Wildman–Crippen MR) is 121 cm³/mol. The van der Waals surface area contributed by atoms with E-state index in [2.05, 4.69) is 5.32 Å². The smallest absolute Gasteiger partial charge is 0.255 e. The van der Waals surface area contributed by atoms with Crippen molar-refractivity contribution in [3.63, 3.8) is 0 Å². The summed E-state index contributed by atoms with van der Waals surface area (Å²) in [5.41, 5.74) is 1.36. The highest BCUT2D eigenvalue weighted by molar-refractivity contribution is 7.89. The molecule has 0 bridgehead atoms. The lowest BCUT2D eigenvalue weighted by Crippen LogP contribution is -2.30. The van der Waals surface area contributed by atoms with Gasteiger partial charge in [0.05, 0.1) is 22.8 Å². The van der Waals surface area contributed by atoms with E-state index < -0.39 is 15.9 Å².